The first kappa shape index (κ1) is 16.5. The van der Waals surface area contributed by atoms with Crippen molar-refractivity contribution in [1.82, 2.24) is 4.57 Å². The van der Waals surface area contributed by atoms with Gasteiger partial charge in [-0.15, -0.1) is 0 Å². The molecule has 4 nitrogen and oxygen atoms in total. The van der Waals surface area contributed by atoms with Crippen LogP contribution in [0.25, 0.3) is 21.8 Å². The first-order chi connectivity index (χ1) is 11.6. The highest BCUT2D eigenvalue weighted by Gasteiger charge is 2.12. The summed E-state index contributed by atoms with van der Waals surface area (Å²) in [5, 5.41) is 1.41. The van der Waals surface area contributed by atoms with E-state index in [0.717, 1.165) is 22.2 Å². The van der Waals surface area contributed by atoms with Gasteiger partial charge in [0.2, 0.25) is 0 Å². The van der Waals surface area contributed by atoms with Crippen LogP contribution in [0, 0.1) is 0 Å². The second kappa shape index (κ2) is 7.05. The van der Waals surface area contributed by atoms with Crippen LogP contribution in [0.1, 0.15) is 20.8 Å². The Kier molecular flexibility index (Phi) is 4.86. The maximum Gasteiger partial charge on any atom is 0.197 e. The Labute approximate surface area is 141 Å². The molecule has 0 unspecified atom stereocenters. The van der Waals surface area contributed by atoms with Gasteiger partial charge in [0.1, 0.15) is 5.75 Å². The first-order valence-electron chi connectivity index (χ1n) is 8.41. The van der Waals surface area contributed by atoms with Gasteiger partial charge in [-0.3, -0.25) is 4.79 Å². The molecule has 0 amide bonds. The van der Waals surface area contributed by atoms with E-state index in [-0.39, 0.29) is 11.5 Å². The van der Waals surface area contributed by atoms with Crippen molar-refractivity contribution in [2.45, 2.75) is 33.4 Å². The van der Waals surface area contributed by atoms with E-state index in [1.165, 1.54) is 0 Å². The molecule has 0 fully saturated rings. The minimum Gasteiger partial charge on any atom is -0.491 e. The van der Waals surface area contributed by atoms with E-state index in [9.17, 15) is 4.79 Å². The summed E-state index contributed by atoms with van der Waals surface area (Å²) in [6.07, 6.45) is 0.0723. The summed E-state index contributed by atoms with van der Waals surface area (Å²) in [5.41, 5.74) is 1.89. The van der Waals surface area contributed by atoms with Crippen LogP contribution in [0.3, 0.4) is 0 Å². The van der Waals surface area contributed by atoms with Crippen molar-refractivity contribution in [3.05, 3.63) is 52.7 Å². The average Bonchev–Trinajstić information content (AvgIpc) is 2.57. The Hall–Kier alpha value is -2.33. The highest BCUT2D eigenvalue weighted by molar-refractivity contribution is 5.94. The lowest BCUT2D eigenvalue weighted by Gasteiger charge is -2.16. The van der Waals surface area contributed by atoms with Gasteiger partial charge in [0.15, 0.2) is 5.43 Å². The molecule has 0 spiro atoms. The molecule has 0 atom stereocenters. The van der Waals surface area contributed by atoms with Crippen LogP contribution in [-0.2, 0) is 11.3 Å². The number of ether oxygens (including phenoxy) is 2. The Morgan fingerprint density at radius 1 is 1.04 bits per heavy atom. The molecule has 0 radical (unpaired) electrons. The summed E-state index contributed by atoms with van der Waals surface area (Å²) in [7, 11) is 0. The molecule has 0 aliphatic rings. The summed E-state index contributed by atoms with van der Waals surface area (Å²) in [6, 6.07) is 13.5. The van der Waals surface area contributed by atoms with Gasteiger partial charge in [-0.25, -0.2) is 0 Å². The standard InChI is InChI=1S/C20H23NO3/c1-4-23-12-11-21-18-8-6-5-7-16(18)20(22)17-13-15(24-14(2)3)9-10-19(17)21/h5-10,13-14H,4,11-12H2,1-3H3. The fraction of sp³-hybridized carbons (Fsp3) is 0.350. The number of para-hydroxylation sites is 1. The van der Waals surface area contributed by atoms with E-state index >= 15 is 0 Å². The molecule has 24 heavy (non-hydrogen) atoms. The molecule has 3 aromatic rings. The predicted molar refractivity (Wildman–Crippen MR) is 98.0 cm³/mol. The van der Waals surface area contributed by atoms with E-state index in [4.69, 9.17) is 9.47 Å². The molecule has 0 bridgehead atoms. The monoisotopic (exact) mass is 325 g/mol. The van der Waals surface area contributed by atoms with E-state index < -0.39 is 0 Å². The third kappa shape index (κ3) is 3.15. The zero-order valence-corrected chi connectivity index (χ0v) is 14.4. The topological polar surface area (TPSA) is 40.5 Å². The highest BCUT2D eigenvalue weighted by atomic mass is 16.5. The van der Waals surface area contributed by atoms with E-state index in [0.29, 0.717) is 25.1 Å². The second-order valence-electron chi connectivity index (χ2n) is 6.04. The van der Waals surface area contributed by atoms with Gasteiger partial charge in [0.05, 0.1) is 23.7 Å². The maximum absolute atomic E-state index is 12.9. The minimum absolute atomic E-state index is 0.0440. The normalized spacial score (nSPS) is 11.5. The SMILES string of the molecule is CCOCCn1c2ccccc2c(=O)c2cc(OC(C)C)ccc21. The Morgan fingerprint density at radius 2 is 1.79 bits per heavy atom. The van der Waals surface area contributed by atoms with Gasteiger partial charge in [-0.05, 0) is 51.1 Å². The lowest BCUT2D eigenvalue weighted by molar-refractivity contribution is 0.140. The quantitative estimate of drug-likeness (QED) is 0.508. The van der Waals surface area contributed by atoms with Crippen molar-refractivity contribution in [3.8, 4) is 5.75 Å². The van der Waals surface area contributed by atoms with Crippen LogP contribution in [0.2, 0.25) is 0 Å². The van der Waals surface area contributed by atoms with Crippen LogP contribution in [0.5, 0.6) is 5.75 Å². The summed E-state index contributed by atoms with van der Waals surface area (Å²) in [5.74, 6) is 0.723. The molecule has 3 rings (SSSR count). The predicted octanol–water partition coefficient (Wildman–Crippen LogP) is 3.98. The van der Waals surface area contributed by atoms with Crippen molar-refractivity contribution in [3.63, 3.8) is 0 Å². The van der Waals surface area contributed by atoms with E-state index in [2.05, 4.69) is 4.57 Å². The van der Waals surface area contributed by atoms with Gasteiger partial charge in [0, 0.05) is 23.9 Å². The fourth-order valence-corrected chi connectivity index (χ4v) is 2.99. The number of hydrogen-bond donors (Lipinski definition) is 0. The first-order valence-corrected chi connectivity index (χ1v) is 8.41. The Morgan fingerprint density at radius 3 is 2.54 bits per heavy atom. The van der Waals surface area contributed by atoms with E-state index in [1.54, 1.807) is 0 Å². The Balaban J connectivity index is 2.24. The third-order valence-corrected chi connectivity index (χ3v) is 3.98. The number of rotatable bonds is 6. The number of hydrogen-bond acceptors (Lipinski definition) is 3. The molecule has 0 aliphatic carbocycles. The van der Waals surface area contributed by atoms with Crippen molar-refractivity contribution in [2.75, 3.05) is 13.2 Å². The molecule has 0 aliphatic heterocycles. The number of nitrogens with zero attached hydrogens (tertiary/aromatic N) is 1. The van der Waals surface area contributed by atoms with Crippen molar-refractivity contribution in [1.29, 1.82) is 0 Å². The summed E-state index contributed by atoms with van der Waals surface area (Å²) in [6.45, 7) is 7.94. The van der Waals surface area contributed by atoms with Gasteiger partial charge in [0.25, 0.3) is 0 Å². The molecule has 2 aromatic carbocycles. The van der Waals surface area contributed by atoms with Crippen molar-refractivity contribution < 1.29 is 9.47 Å². The zero-order valence-electron chi connectivity index (χ0n) is 14.4. The molecule has 0 N–H and O–H groups in total. The van der Waals surface area contributed by atoms with Crippen molar-refractivity contribution in [2.24, 2.45) is 0 Å². The molecule has 1 aromatic heterocycles. The Bertz CT molecular complexity index is 912. The summed E-state index contributed by atoms with van der Waals surface area (Å²) < 4.78 is 13.4. The van der Waals surface area contributed by atoms with Gasteiger partial charge < -0.3 is 14.0 Å². The highest BCUT2D eigenvalue weighted by Crippen LogP contribution is 2.23. The number of pyridine rings is 1. The molecular weight excluding hydrogens is 302 g/mol. The zero-order chi connectivity index (χ0) is 17.1. The average molecular weight is 325 g/mol. The molecule has 0 saturated heterocycles. The van der Waals surface area contributed by atoms with E-state index in [1.807, 2.05) is 63.2 Å². The minimum atomic E-state index is 0.0440. The molecule has 4 heteroatoms. The van der Waals surface area contributed by atoms with Gasteiger partial charge >= 0.3 is 0 Å². The van der Waals surface area contributed by atoms with Crippen LogP contribution in [0.4, 0.5) is 0 Å². The van der Waals surface area contributed by atoms with Crippen LogP contribution < -0.4 is 10.2 Å². The number of benzene rings is 2. The molecule has 1 heterocycles. The van der Waals surface area contributed by atoms with Gasteiger partial charge in [-0.2, -0.15) is 0 Å². The summed E-state index contributed by atoms with van der Waals surface area (Å²) >= 11 is 0. The smallest absolute Gasteiger partial charge is 0.197 e. The largest absolute Gasteiger partial charge is 0.491 e. The molecule has 0 saturated carbocycles. The molecule has 126 valence electrons. The van der Waals surface area contributed by atoms with Crippen LogP contribution in [-0.4, -0.2) is 23.9 Å². The number of fused-ring (bicyclic) bond motifs is 2. The van der Waals surface area contributed by atoms with Crippen LogP contribution >= 0.6 is 0 Å². The van der Waals surface area contributed by atoms with Gasteiger partial charge in [-0.1, -0.05) is 12.1 Å². The lowest BCUT2D eigenvalue weighted by atomic mass is 10.1. The summed E-state index contributed by atoms with van der Waals surface area (Å²) in [4.78, 5) is 12.9. The van der Waals surface area contributed by atoms with Crippen LogP contribution in [0.15, 0.2) is 47.3 Å². The fourth-order valence-electron chi connectivity index (χ4n) is 2.99. The maximum atomic E-state index is 12.9. The number of aromatic nitrogens is 1. The second-order valence-corrected chi connectivity index (χ2v) is 6.04. The van der Waals surface area contributed by atoms with Crippen molar-refractivity contribution >= 4 is 21.8 Å². The molecular formula is C20H23NO3. The lowest BCUT2D eigenvalue weighted by Crippen LogP contribution is -2.14. The third-order valence-electron chi connectivity index (χ3n) is 3.98.